The topological polar surface area (TPSA) is 34.1 Å². The lowest BCUT2D eigenvalue weighted by Crippen LogP contribution is -2.19. The van der Waals surface area contributed by atoms with Crippen LogP contribution in [0.1, 0.15) is 25.3 Å². The number of hydrogen-bond acceptors (Lipinski definition) is 3. The molecule has 1 N–H and O–H groups in total. The van der Waals surface area contributed by atoms with E-state index in [-0.39, 0.29) is 12.4 Å². The van der Waals surface area contributed by atoms with E-state index < -0.39 is 0 Å². The summed E-state index contributed by atoms with van der Waals surface area (Å²) in [7, 11) is 0. The highest BCUT2D eigenvalue weighted by molar-refractivity contribution is 6.30. The van der Waals surface area contributed by atoms with E-state index in [1.807, 2.05) is 12.1 Å². The van der Waals surface area contributed by atoms with E-state index in [4.69, 9.17) is 16.3 Å². The van der Waals surface area contributed by atoms with Crippen LogP contribution in [0, 0.1) is 0 Å². The van der Waals surface area contributed by atoms with Gasteiger partial charge in [-0.2, -0.15) is 0 Å². The Hall–Kier alpha value is -0.350. The van der Waals surface area contributed by atoms with Crippen LogP contribution < -0.4 is 5.32 Å². The van der Waals surface area contributed by atoms with Crippen molar-refractivity contribution in [2.24, 2.45) is 0 Å². The number of hydrogen-bond donors (Lipinski definition) is 1. The molecule has 0 saturated heterocycles. The first-order chi connectivity index (χ1) is 7.84. The average molecular weight is 279 g/mol. The van der Waals surface area contributed by atoms with Gasteiger partial charge in [-0.3, -0.25) is 0 Å². The van der Waals surface area contributed by atoms with Crippen LogP contribution in [0.2, 0.25) is 5.15 Å². The highest BCUT2D eigenvalue weighted by Crippen LogP contribution is 2.10. The van der Waals surface area contributed by atoms with Gasteiger partial charge in [0.2, 0.25) is 0 Å². The fourth-order valence-electron chi connectivity index (χ4n) is 1.27. The predicted octanol–water partition coefficient (Wildman–Crippen LogP) is 3.06. The van der Waals surface area contributed by atoms with Gasteiger partial charge in [0, 0.05) is 31.5 Å². The van der Waals surface area contributed by atoms with Crippen molar-refractivity contribution in [3.63, 3.8) is 0 Å². The van der Waals surface area contributed by atoms with Crippen LogP contribution in [-0.4, -0.2) is 24.7 Å². The number of aromatic nitrogens is 1. The van der Waals surface area contributed by atoms with Gasteiger partial charge < -0.3 is 10.1 Å². The maximum Gasteiger partial charge on any atom is 0.133 e. The molecule has 0 atom stereocenters. The molecule has 0 fully saturated rings. The minimum absolute atomic E-state index is 0. The van der Waals surface area contributed by atoms with Crippen molar-refractivity contribution < 1.29 is 4.74 Å². The van der Waals surface area contributed by atoms with Crippen molar-refractivity contribution in [3.8, 4) is 0 Å². The van der Waals surface area contributed by atoms with Gasteiger partial charge in [-0.15, -0.1) is 12.4 Å². The zero-order valence-electron chi connectivity index (χ0n) is 10.1. The summed E-state index contributed by atoms with van der Waals surface area (Å²) >= 11 is 5.92. The monoisotopic (exact) mass is 278 g/mol. The number of halogens is 2. The minimum atomic E-state index is 0. The Bertz CT molecular complexity index is 298. The summed E-state index contributed by atoms with van der Waals surface area (Å²) in [6.07, 6.45) is 4.01. The highest BCUT2D eigenvalue weighted by Gasteiger charge is 1.98. The van der Waals surface area contributed by atoms with E-state index in [1.54, 1.807) is 6.20 Å². The Balaban J connectivity index is 0.00000256. The number of nitrogens with zero attached hydrogens (tertiary/aromatic N) is 1. The maximum absolute atomic E-state index is 5.92. The lowest BCUT2D eigenvalue weighted by molar-refractivity contribution is 0.133. The Morgan fingerprint density at radius 2 is 2.24 bits per heavy atom. The predicted molar refractivity (Wildman–Crippen MR) is 73.9 cm³/mol. The molecule has 0 spiro atoms. The van der Waals surface area contributed by atoms with Crippen molar-refractivity contribution in [2.75, 3.05) is 19.8 Å². The molecular weight excluding hydrogens is 259 g/mol. The molecule has 1 heterocycles. The Morgan fingerprint density at radius 3 is 2.94 bits per heavy atom. The third-order valence-electron chi connectivity index (χ3n) is 2.22. The Morgan fingerprint density at radius 1 is 1.41 bits per heavy atom. The first-order valence-corrected chi connectivity index (χ1v) is 6.10. The summed E-state index contributed by atoms with van der Waals surface area (Å²) < 4.78 is 5.43. The number of nitrogens with one attached hydrogen (secondary N) is 1. The van der Waals surface area contributed by atoms with E-state index in [9.17, 15) is 0 Å². The lowest BCUT2D eigenvalue weighted by Gasteiger charge is -2.06. The third kappa shape index (κ3) is 7.55. The second kappa shape index (κ2) is 10.8. The lowest BCUT2D eigenvalue weighted by atomic mass is 10.3. The molecule has 3 nitrogen and oxygen atoms in total. The zero-order chi connectivity index (χ0) is 11.6. The van der Waals surface area contributed by atoms with Gasteiger partial charge in [-0.05, 0) is 12.5 Å². The molecule has 0 radical (unpaired) electrons. The maximum atomic E-state index is 5.92. The van der Waals surface area contributed by atoms with Gasteiger partial charge in [-0.25, -0.2) is 4.98 Å². The summed E-state index contributed by atoms with van der Waals surface area (Å²) in [6, 6.07) is 3.86. The van der Waals surface area contributed by atoms with Crippen molar-refractivity contribution in [3.05, 3.63) is 29.0 Å². The molecule has 0 saturated carbocycles. The second-order valence-electron chi connectivity index (χ2n) is 3.60. The van der Waals surface area contributed by atoms with Gasteiger partial charge in [0.15, 0.2) is 0 Å². The molecule has 1 aromatic heterocycles. The summed E-state index contributed by atoms with van der Waals surface area (Å²) in [5, 5.41) is 3.84. The minimum Gasteiger partial charge on any atom is -0.380 e. The molecule has 1 rings (SSSR count). The normalized spacial score (nSPS) is 10.0. The van der Waals surface area contributed by atoms with Gasteiger partial charge in [0.25, 0.3) is 0 Å². The number of rotatable bonds is 8. The van der Waals surface area contributed by atoms with Crippen molar-refractivity contribution in [1.29, 1.82) is 0 Å². The summed E-state index contributed by atoms with van der Waals surface area (Å²) in [4.78, 5) is 4.01. The molecule has 5 heteroatoms. The molecular formula is C12H20Cl2N2O. The smallest absolute Gasteiger partial charge is 0.133 e. The van der Waals surface area contributed by atoms with E-state index >= 15 is 0 Å². The molecule has 98 valence electrons. The zero-order valence-corrected chi connectivity index (χ0v) is 11.7. The van der Waals surface area contributed by atoms with Crippen LogP contribution in [0.3, 0.4) is 0 Å². The van der Waals surface area contributed by atoms with Crippen LogP contribution in [-0.2, 0) is 11.3 Å². The Kier molecular flexibility index (Phi) is 10.6. The molecule has 0 unspecified atom stereocenters. The van der Waals surface area contributed by atoms with Crippen LogP contribution in [0.25, 0.3) is 0 Å². The molecule has 0 amide bonds. The van der Waals surface area contributed by atoms with Gasteiger partial charge in [0.05, 0.1) is 6.61 Å². The third-order valence-corrected chi connectivity index (χ3v) is 2.56. The number of ether oxygens (including phenoxy) is 1. The SMILES string of the molecule is CCCCOCCNCc1cccnc1Cl.Cl. The van der Waals surface area contributed by atoms with Crippen LogP contribution in [0.5, 0.6) is 0 Å². The van der Waals surface area contributed by atoms with Crippen molar-refractivity contribution in [2.45, 2.75) is 26.3 Å². The first-order valence-electron chi connectivity index (χ1n) is 5.72. The number of unbranched alkanes of at least 4 members (excludes halogenated alkanes) is 1. The molecule has 0 aliphatic rings. The quantitative estimate of drug-likeness (QED) is 0.586. The average Bonchev–Trinajstić information content (AvgIpc) is 2.30. The van der Waals surface area contributed by atoms with Crippen LogP contribution >= 0.6 is 24.0 Å². The first kappa shape index (κ1) is 16.6. The molecule has 0 aliphatic heterocycles. The van der Waals surface area contributed by atoms with E-state index in [2.05, 4.69) is 17.2 Å². The standard InChI is InChI=1S/C12H19ClN2O.ClH/c1-2-3-8-16-9-7-14-10-11-5-4-6-15-12(11)13;/h4-6,14H,2-3,7-10H2,1H3;1H. The van der Waals surface area contributed by atoms with Gasteiger partial charge in [-0.1, -0.05) is 31.0 Å². The Labute approximate surface area is 114 Å². The fourth-order valence-corrected chi connectivity index (χ4v) is 1.45. The second-order valence-corrected chi connectivity index (χ2v) is 3.95. The number of pyridine rings is 1. The fraction of sp³-hybridized carbons (Fsp3) is 0.583. The van der Waals surface area contributed by atoms with Crippen LogP contribution in [0.4, 0.5) is 0 Å². The molecule has 0 bridgehead atoms. The largest absolute Gasteiger partial charge is 0.380 e. The summed E-state index contributed by atoms with van der Waals surface area (Å²) in [5.74, 6) is 0. The van der Waals surface area contributed by atoms with E-state index in [0.717, 1.165) is 38.3 Å². The van der Waals surface area contributed by atoms with E-state index in [0.29, 0.717) is 5.15 Å². The molecule has 17 heavy (non-hydrogen) atoms. The van der Waals surface area contributed by atoms with Crippen molar-refractivity contribution in [1.82, 2.24) is 10.3 Å². The van der Waals surface area contributed by atoms with E-state index in [1.165, 1.54) is 6.42 Å². The summed E-state index contributed by atoms with van der Waals surface area (Å²) in [6.45, 7) is 5.34. The van der Waals surface area contributed by atoms with Gasteiger partial charge >= 0.3 is 0 Å². The van der Waals surface area contributed by atoms with Crippen molar-refractivity contribution >= 4 is 24.0 Å². The molecule has 0 aromatic carbocycles. The molecule has 0 aliphatic carbocycles. The van der Waals surface area contributed by atoms with Gasteiger partial charge in [0.1, 0.15) is 5.15 Å². The van der Waals surface area contributed by atoms with Crippen LogP contribution in [0.15, 0.2) is 18.3 Å². The summed E-state index contributed by atoms with van der Waals surface area (Å²) in [5.41, 5.74) is 1.03. The highest BCUT2D eigenvalue weighted by atomic mass is 35.5. The molecule has 1 aromatic rings.